The van der Waals surface area contributed by atoms with Crippen LogP contribution < -0.4 is 23.7 Å². The lowest BCUT2D eigenvalue weighted by atomic mass is 9.82. The fraction of sp³-hybridized carbons (Fsp3) is 0.419. The van der Waals surface area contributed by atoms with Crippen molar-refractivity contribution in [1.82, 2.24) is 0 Å². The van der Waals surface area contributed by atoms with Gasteiger partial charge in [-0.3, -0.25) is 0 Å². The van der Waals surface area contributed by atoms with E-state index < -0.39 is 5.97 Å². The maximum Gasteiger partial charge on any atom is 0.343 e. The lowest BCUT2D eigenvalue weighted by molar-refractivity contribution is -0.162. The number of esters is 1. The van der Waals surface area contributed by atoms with E-state index in [1.807, 2.05) is 48.5 Å². The summed E-state index contributed by atoms with van der Waals surface area (Å²) in [5.74, 6) is 2.73. The molecule has 53 heavy (non-hydrogen) atoms. The predicted molar refractivity (Wildman–Crippen MR) is 198 cm³/mol. The average Bonchev–Trinajstić information content (AvgIpc) is 3.36. The fourth-order valence-electron chi connectivity index (χ4n) is 6.80. The molecule has 0 radical (unpaired) electrons. The molecule has 2 aliphatic heterocycles. The van der Waals surface area contributed by atoms with Crippen molar-refractivity contribution in [3.63, 3.8) is 0 Å². The van der Waals surface area contributed by atoms with Crippen LogP contribution >= 0.6 is 0 Å². The predicted octanol–water partition coefficient (Wildman–Crippen LogP) is 8.19. The summed E-state index contributed by atoms with van der Waals surface area (Å²) in [5, 5.41) is 0. The molecule has 280 valence electrons. The van der Waals surface area contributed by atoms with Crippen LogP contribution in [0.1, 0.15) is 62.0 Å². The highest BCUT2D eigenvalue weighted by atomic mass is 16.7. The molecule has 2 saturated heterocycles. The molecule has 0 spiro atoms. The largest absolute Gasteiger partial charge is 0.468 e. The normalized spacial score (nSPS) is 17.1. The minimum Gasteiger partial charge on any atom is -0.468 e. The summed E-state index contributed by atoms with van der Waals surface area (Å²) < 4.78 is 51.3. The summed E-state index contributed by atoms with van der Waals surface area (Å²) in [6.07, 6.45) is 2.04. The van der Waals surface area contributed by atoms with Crippen molar-refractivity contribution in [2.45, 2.75) is 46.0 Å². The van der Waals surface area contributed by atoms with Crippen LogP contribution in [0.2, 0.25) is 0 Å². The van der Waals surface area contributed by atoms with E-state index >= 15 is 0 Å². The molecule has 4 aromatic carbocycles. The molecular weight excluding hydrogens is 676 g/mol. The number of ether oxygens (including phenoxy) is 9. The lowest BCUT2D eigenvalue weighted by Crippen LogP contribution is -2.45. The number of hydrogen-bond donors (Lipinski definition) is 0. The molecule has 10 nitrogen and oxygen atoms in total. The van der Waals surface area contributed by atoms with E-state index in [0.29, 0.717) is 47.5 Å². The first-order valence-corrected chi connectivity index (χ1v) is 18.3. The smallest absolute Gasteiger partial charge is 0.343 e. The molecule has 1 aliphatic carbocycles. The van der Waals surface area contributed by atoms with Crippen molar-refractivity contribution < 1.29 is 47.4 Å². The van der Waals surface area contributed by atoms with Gasteiger partial charge in [0.2, 0.25) is 6.79 Å². The third-order valence-corrected chi connectivity index (χ3v) is 10.8. The van der Waals surface area contributed by atoms with E-state index in [4.69, 9.17) is 42.6 Å². The Morgan fingerprint density at radius 1 is 0.566 bits per heavy atom. The molecule has 2 heterocycles. The molecule has 0 saturated carbocycles. The Labute approximate surface area is 311 Å². The second kappa shape index (κ2) is 15.8. The van der Waals surface area contributed by atoms with Crippen LogP contribution in [0.5, 0.6) is 28.7 Å². The van der Waals surface area contributed by atoms with Crippen LogP contribution in [-0.2, 0) is 24.4 Å². The van der Waals surface area contributed by atoms with Crippen LogP contribution in [0.4, 0.5) is 0 Å². The standard InChI is InChI=1S/C43H48O10/c1-5-42(21-45-22-42)25-47-27-49-31-9-7-30(8-10-31)40(44)53-35-16-18-37-36-17-15-34(19-38(36)41(3,4)39(37)20-35)52-29-51-33-13-11-32(12-14-33)50-28-48-26-43(6-2)23-46-24-43/h7-20H,5-6,21-29H2,1-4H3. The van der Waals surface area contributed by atoms with Gasteiger partial charge in [0.1, 0.15) is 28.7 Å². The van der Waals surface area contributed by atoms with E-state index in [1.54, 1.807) is 24.3 Å². The van der Waals surface area contributed by atoms with Gasteiger partial charge in [0, 0.05) is 16.2 Å². The van der Waals surface area contributed by atoms with Gasteiger partial charge in [0.25, 0.3) is 0 Å². The summed E-state index contributed by atoms with van der Waals surface area (Å²) in [6, 6.07) is 26.1. The summed E-state index contributed by atoms with van der Waals surface area (Å²) >= 11 is 0. The van der Waals surface area contributed by atoms with Crippen molar-refractivity contribution in [1.29, 1.82) is 0 Å². The van der Waals surface area contributed by atoms with E-state index in [0.717, 1.165) is 61.5 Å². The molecule has 0 unspecified atom stereocenters. The van der Waals surface area contributed by atoms with Gasteiger partial charge >= 0.3 is 5.97 Å². The molecule has 10 heteroatoms. The zero-order chi connectivity index (χ0) is 36.9. The van der Waals surface area contributed by atoms with E-state index in [9.17, 15) is 4.79 Å². The van der Waals surface area contributed by atoms with Crippen molar-refractivity contribution in [2.24, 2.45) is 10.8 Å². The van der Waals surface area contributed by atoms with Crippen LogP contribution in [0.15, 0.2) is 84.9 Å². The third-order valence-electron chi connectivity index (χ3n) is 10.8. The summed E-state index contributed by atoms with van der Waals surface area (Å²) in [6.45, 7) is 13.2. The summed E-state index contributed by atoms with van der Waals surface area (Å²) in [5.41, 5.74) is 4.72. The molecule has 3 aliphatic rings. The van der Waals surface area contributed by atoms with E-state index in [-0.39, 0.29) is 36.6 Å². The highest BCUT2D eigenvalue weighted by Crippen LogP contribution is 2.50. The number of fused-ring (bicyclic) bond motifs is 3. The zero-order valence-corrected chi connectivity index (χ0v) is 30.9. The summed E-state index contributed by atoms with van der Waals surface area (Å²) in [4.78, 5) is 13.1. The average molecular weight is 725 g/mol. The monoisotopic (exact) mass is 724 g/mol. The number of carbonyl (C=O) groups is 1. The van der Waals surface area contributed by atoms with Crippen molar-refractivity contribution >= 4 is 5.97 Å². The van der Waals surface area contributed by atoms with Crippen molar-refractivity contribution in [2.75, 3.05) is 60.0 Å². The molecule has 4 aromatic rings. The van der Waals surface area contributed by atoms with Crippen molar-refractivity contribution in [3.05, 3.63) is 102 Å². The van der Waals surface area contributed by atoms with Gasteiger partial charge in [0.05, 0.1) is 45.2 Å². The van der Waals surface area contributed by atoms with E-state index in [2.05, 4.69) is 39.8 Å². The number of carbonyl (C=O) groups excluding carboxylic acids is 1. The van der Waals surface area contributed by atoms with Gasteiger partial charge < -0.3 is 42.6 Å². The number of hydrogen-bond acceptors (Lipinski definition) is 10. The van der Waals surface area contributed by atoms with Crippen LogP contribution in [0.3, 0.4) is 0 Å². The maximum atomic E-state index is 13.1. The minimum absolute atomic E-state index is 0.0487. The maximum absolute atomic E-state index is 13.1. The van der Waals surface area contributed by atoms with Gasteiger partial charge in [0.15, 0.2) is 13.6 Å². The highest BCUT2D eigenvalue weighted by molar-refractivity contribution is 5.91. The minimum atomic E-state index is -0.442. The van der Waals surface area contributed by atoms with Crippen LogP contribution in [0, 0.1) is 10.8 Å². The SMILES string of the molecule is CCC1(COCOc2ccc(OCOc3ccc4c(c3)C(C)(C)c3cc(OC(=O)c5ccc(OCOCC6(CC)COC6)cc5)ccc3-4)cc2)COC1. The summed E-state index contributed by atoms with van der Waals surface area (Å²) in [7, 11) is 0. The van der Waals surface area contributed by atoms with Gasteiger partial charge in [-0.1, -0.05) is 39.8 Å². The molecule has 0 amide bonds. The molecule has 7 rings (SSSR count). The first-order valence-electron chi connectivity index (χ1n) is 18.3. The topological polar surface area (TPSA) is 100 Å². The highest BCUT2D eigenvalue weighted by Gasteiger charge is 2.38. The third kappa shape index (κ3) is 8.16. The second-order valence-electron chi connectivity index (χ2n) is 14.7. The molecule has 0 N–H and O–H groups in total. The Hall–Kier alpha value is -4.61. The lowest BCUT2D eigenvalue weighted by Gasteiger charge is -2.40. The first kappa shape index (κ1) is 36.7. The molecule has 0 atom stereocenters. The Bertz CT molecular complexity index is 1850. The first-order chi connectivity index (χ1) is 25.7. The van der Waals surface area contributed by atoms with Crippen LogP contribution in [0.25, 0.3) is 11.1 Å². The zero-order valence-electron chi connectivity index (χ0n) is 30.9. The van der Waals surface area contributed by atoms with Crippen molar-refractivity contribution in [3.8, 4) is 39.9 Å². The molecule has 0 bridgehead atoms. The van der Waals surface area contributed by atoms with Gasteiger partial charge in [-0.2, -0.15) is 0 Å². The molecule has 0 aromatic heterocycles. The number of benzene rings is 4. The van der Waals surface area contributed by atoms with Crippen LogP contribution in [-0.4, -0.2) is 66.0 Å². The number of rotatable bonds is 18. The van der Waals surface area contributed by atoms with Gasteiger partial charge in [-0.25, -0.2) is 4.79 Å². The Morgan fingerprint density at radius 2 is 0.981 bits per heavy atom. The van der Waals surface area contributed by atoms with E-state index in [1.165, 1.54) is 0 Å². The Morgan fingerprint density at radius 3 is 1.45 bits per heavy atom. The Balaban J connectivity index is 0.882. The second-order valence-corrected chi connectivity index (χ2v) is 14.7. The molecular formula is C43H48O10. The molecule has 2 fully saturated rings. The quantitative estimate of drug-likeness (QED) is 0.0432. The fourth-order valence-corrected chi connectivity index (χ4v) is 6.80. The van der Waals surface area contributed by atoms with Gasteiger partial charge in [-0.15, -0.1) is 0 Å². The van der Waals surface area contributed by atoms with Gasteiger partial charge in [-0.05, 0) is 108 Å². The Kier molecular flexibility index (Phi) is 10.9.